The van der Waals surface area contributed by atoms with Crippen LogP contribution in [0.2, 0.25) is 0 Å². The van der Waals surface area contributed by atoms with Gasteiger partial charge in [0.15, 0.2) is 6.26 Å². The minimum Gasteiger partial charge on any atom is -0.455 e. The monoisotopic (exact) mass is 656 g/mol. The van der Waals surface area contributed by atoms with E-state index in [1.54, 1.807) is 42.5 Å². The molecule has 0 spiro atoms. The number of furan rings is 1. The van der Waals surface area contributed by atoms with Crippen molar-refractivity contribution in [2.75, 3.05) is 24.7 Å². The predicted octanol–water partition coefficient (Wildman–Crippen LogP) is 6.00. The molecule has 0 radical (unpaired) electrons. The molecule has 4 aromatic carbocycles. The van der Waals surface area contributed by atoms with Gasteiger partial charge in [-0.3, -0.25) is 9.59 Å². The molecule has 47 heavy (non-hydrogen) atoms. The number of aromatic nitrogens is 3. The molecule has 10 nitrogen and oxygen atoms in total. The van der Waals surface area contributed by atoms with E-state index in [0.717, 1.165) is 5.56 Å². The largest absolute Gasteiger partial charge is 0.455 e. The van der Waals surface area contributed by atoms with Gasteiger partial charge in [-0.25, -0.2) is 8.78 Å². The third kappa shape index (κ3) is 5.07. The quantitative estimate of drug-likeness (QED) is 0.202. The third-order valence-corrected chi connectivity index (χ3v) is 9.91. The van der Waals surface area contributed by atoms with Crippen LogP contribution in [0.5, 0.6) is 0 Å². The van der Waals surface area contributed by atoms with Crippen LogP contribution >= 0.6 is 0 Å². The number of anilines is 1. The summed E-state index contributed by atoms with van der Waals surface area (Å²) in [6, 6.07) is 19.7. The molecule has 1 fully saturated rings. The van der Waals surface area contributed by atoms with Gasteiger partial charge in [-0.05, 0) is 82.8 Å². The number of halogens is 2. The number of carbonyl (C=O) groups is 1. The van der Waals surface area contributed by atoms with E-state index < -0.39 is 33.2 Å². The summed E-state index contributed by atoms with van der Waals surface area (Å²) >= 11 is 0. The van der Waals surface area contributed by atoms with Crippen LogP contribution in [0.15, 0.2) is 88.1 Å². The van der Waals surface area contributed by atoms with Crippen molar-refractivity contribution < 1.29 is 26.8 Å². The first-order chi connectivity index (χ1) is 22.4. The lowest BCUT2D eigenvalue weighted by Gasteiger charge is -2.19. The first kappa shape index (κ1) is 30.4. The summed E-state index contributed by atoms with van der Waals surface area (Å²) in [5.74, 6) is -1.10. The highest BCUT2D eigenvalue weighted by atomic mass is 32.3. The van der Waals surface area contributed by atoms with Gasteiger partial charge in [-0.15, -0.1) is 5.10 Å². The highest BCUT2D eigenvalue weighted by Gasteiger charge is 2.48. The summed E-state index contributed by atoms with van der Waals surface area (Å²) in [4.78, 5) is 27.2. The van der Waals surface area contributed by atoms with Crippen LogP contribution in [0.25, 0.3) is 44.3 Å². The molecule has 6 aromatic rings. The average molecular weight is 657 g/mol. The van der Waals surface area contributed by atoms with Gasteiger partial charge < -0.3 is 9.73 Å². The van der Waals surface area contributed by atoms with E-state index in [4.69, 9.17) is 4.42 Å². The van der Waals surface area contributed by atoms with Crippen LogP contribution in [-0.4, -0.2) is 45.8 Å². The van der Waals surface area contributed by atoms with E-state index in [-0.39, 0.29) is 28.1 Å². The number of hydrogen-bond acceptors (Lipinski definition) is 6. The second kappa shape index (κ2) is 10.9. The van der Waals surface area contributed by atoms with Gasteiger partial charge in [0.2, 0.25) is 0 Å². The lowest BCUT2D eigenvalue weighted by molar-refractivity contribution is 0.0964. The summed E-state index contributed by atoms with van der Waals surface area (Å²) in [6.07, 6.45) is 2.43. The molecule has 7 rings (SSSR count). The zero-order valence-electron chi connectivity index (χ0n) is 25.5. The lowest BCUT2D eigenvalue weighted by atomic mass is 9.97. The molecule has 0 aliphatic heterocycles. The molecule has 1 saturated carbocycles. The maximum atomic E-state index is 14.0. The Kier molecular flexibility index (Phi) is 7.06. The molecule has 1 aliphatic carbocycles. The molecule has 2 heterocycles. The first-order valence-electron chi connectivity index (χ1n) is 14.6. The van der Waals surface area contributed by atoms with Crippen molar-refractivity contribution in [3.8, 4) is 22.5 Å². The van der Waals surface area contributed by atoms with Crippen LogP contribution in [0.3, 0.4) is 0 Å². The van der Waals surface area contributed by atoms with Crippen LogP contribution in [0, 0.1) is 11.6 Å². The minimum atomic E-state index is -3.53. The molecule has 1 amide bonds. The van der Waals surface area contributed by atoms with E-state index in [1.807, 2.05) is 0 Å². The van der Waals surface area contributed by atoms with Crippen molar-refractivity contribution >= 4 is 43.9 Å². The lowest BCUT2D eigenvalue weighted by Crippen LogP contribution is -2.34. The van der Waals surface area contributed by atoms with Crippen LogP contribution in [0.4, 0.5) is 14.5 Å². The van der Waals surface area contributed by atoms with E-state index >= 15 is 0 Å². The fraction of sp³-hybridized carbons (Fsp3) is 0.176. The molecule has 2 aromatic heterocycles. The zero-order valence-corrected chi connectivity index (χ0v) is 26.3. The van der Waals surface area contributed by atoms with E-state index in [0.29, 0.717) is 46.1 Å². The van der Waals surface area contributed by atoms with E-state index in [9.17, 15) is 27.1 Å². The molecule has 2 N–H and O–H groups in total. The second-order valence-corrected chi connectivity index (χ2v) is 13.7. The zero-order chi connectivity index (χ0) is 33.2. The van der Waals surface area contributed by atoms with Crippen molar-refractivity contribution in [1.82, 2.24) is 20.3 Å². The fourth-order valence-electron chi connectivity index (χ4n) is 5.95. The van der Waals surface area contributed by atoms with Crippen molar-refractivity contribution in [3.05, 3.63) is 112 Å². The molecular formula is C34H28F2N5O5S+. The standard InChI is InChI=1S/C34H27F2N5O5S/c1-37-32(42)30-26-17-24(28(40(2)47(3,44)45)18-29(26)46-31(30)19-4-9-22(35)10-5-19)20-6-13-27-25(16-20)33(43)41(39-38-27)34(14-15-34)21-7-11-23(36)12-8-21/h4-13,16-18H,14-15H2,1-3H3,(H-,37,42,44,45)/p+1. The number of nitrogens with zero attached hydrogens (tertiary/aromatic N) is 4. The first-order valence-corrected chi connectivity index (χ1v) is 16.5. The number of fused-ring (bicyclic) bond motifs is 2. The van der Waals surface area contributed by atoms with Crippen LogP contribution in [0.1, 0.15) is 28.8 Å². The average Bonchev–Trinajstić information content (AvgIpc) is 3.77. The van der Waals surface area contributed by atoms with E-state index in [1.165, 1.54) is 65.7 Å². The summed E-state index contributed by atoms with van der Waals surface area (Å²) in [7, 11) is -0.602. The maximum Gasteiger partial charge on any atom is 0.309 e. The van der Waals surface area contributed by atoms with Crippen LogP contribution in [-0.2, 0) is 20.1 Å². The van der Waals surface area contributed by atoms with Gasteiger partial charge in [0.1, 0.15) is 28.5 Å². The molecule has 1 unspecified atom stereocenters. The fourth-order valence-corrected chi connectivity index (χ4v) is 6.47. The number of carbonyl (C=O) groups excluding carboxylic acids is 1. The third-order valence-electron chi connectivity index (χ3n) is 8.70. The normalized spacial score (nSPS) is 15.0. The Morgan fingerprint density at radius 2 is 1.62 bits per heavy atom. The molecule has 13 heteroatoms. The van der Waals surface area contributed by atoms with E-state index in [2.05, 4.69) is 15.6 Å². The molecule has 1 atom stereocenters. The molecule has 238 valence electrons. The highest BCUT2D eigenvalue weighted by molar-refractivity contribution is 7.98. The van der Waals surface area contributed by atoms with Crippen LogP contribution < -0.4 is 15.2 Å². The summed E-state index contributed by atoms with van der Waals surface area (Å²) in [5, 5.41) is 11.8. The van der Waals surface area contributed by atoms with Gasteiger partial charge in [-0.2, -0.15) is 13.5 Å². The summed E-state index contributed by atoms with van der Waals surface area (Å²) in [5.41, 5.74) is 2.08. The minimum absolute atomic E-state index is 0.190. The number of nitrogens with one attached hydrogen (secondary N) is 1. The van der Waals surface area contributed by atoms with Gasteiger partial charge in [-0.1, -0.05) is 23.4 Å². The van der Waals surface area contributed by atoms with Gasteiger partial charge >= 0.3 is 10.4 Å². The Labute approximate surface area is 268 Å². The number of amides is 1. The van der Waals surface area contributed by atoms with Crippen molar-refractivity contribution in [3.63, 3.8) is 0 Å². The molecule has 0 bridgehead atoms. The Hall–Kier alpha value is -5.27. The Balaban J connectivity index is 1.46. The molecular weight excluding hydrogens is 628 g/mol. The SMILES string of the molecule is CNC(=O)c1c(-c2ccc(F)cc2)oc2cc(N(C)[S+](C)(=O)O)c(-c3ccc4nnn(C5(c6ccc(F)cc6)CC5)c(=O)c4c3)cc12. The number of hydrogen-bond donors (Lipinski definition) is 2. The predicted molar refractivity (Wildman–Crippen MR) is 176 cm³/mol. The maximum absolute atomic E-state index is 14.0. The Morgan fingerprint density at radius 3 is 2.23 bits per heavy atom. The van der Waals surface area contributed by atoms with Gasteiger partial charge in [0.25, 0.3) is 11.5 Å². The second-order valence-electron chi connectivity index (χ2n) is 11.6. The van der Waals surface area contributed by atoms with Crippen molar-refractivity contribution in [2.24, 2.45) is 0 Å². The molecule has 1 aliphatic rings. The molecule has 0 saturated heterocycles. The van der Waals surface area contributed by atoms with Crippen molar-refractivity contribution in [2.45, 2.75) is 18.4 Å². The van der Waals surface area contributed by atoms with Gasteiger partial charge in [0, 0.05) is 29.6 Å². The summed E-state index contributed by atoms with van der Waals surface area (Å²) < 4.78 is 59.6. The van der Waals surface area contributed by atoms with Crippen molar-refractivity contribution in [1.29, 1.82) is 0 Å². The smallest absolute Gasteiger partial charge is 0.309 e. The number of rotatable bonds is 7. The highest BCUT2D eigenvalue weighted by Crippen LogP contribution is 2.48. The topological polar surface area (TPSA) is 131 Å². The number of benzene rings is 4. The Bertz CT molecular complexity index is 2330. The Morgan fingerprint density at radius 1 is 0.979 bits per heavy atom. The summed E-state index contributed by atoms with van der Waals surface area (Å²) in [6.45, 7) is 0. The van der Waals surface area contributed by atoms with Gasteiger partial charge in [0.05, 0.1) is 29.2 Å².